The molecule has 2 aromatic carbocycles. The van der Waals surface area contributed by atoms with E-state index in [9.17, 15) is 19.5 Å². The lowest BCUT2D eigenvalue weighted by Gasteiger charge is -2.19. The van der Waals surface area contributed by atoms with Crippen LogP contribution in [0.3, 0.4) is 0 Å². The van der Waals surface area contributed by atoms with E-state index in [2.05, 4.69) is 34.6 Å². The third kappa shape index (κ3) is 5.92. The zero-order valence-electron chi connectivity index (χ0n) is 18.8. The molecule has 0 aliphatic heterocycles. The van der Waals surface area contributed by atoms with E-state index in [1.165, 1.54) is 0 Å². The Kier molecular flexibility index (Phi) is 8.09. The van der Waals surface area contributed by atoms with Gasteiger partial charge in [-0.3, -0.25) is 4.79 Å². The van der Waals surface area contributed by atoms with Crippen LogP contribution in [0.1, 0.15) is 50.2 Å². The van der Waals surface area contributed by atoms with Crippen LogP contribution >= 0.6 is 0 Å². The fraction of sp³-hybridized carbons (Fsp3) is 0.346. The number of carboxylic acid groups (broad SMARTS) is 1. The number of amides is 2. The van der Waals surface area contributed by atoms with Crippen LogP contribution in [0.25, 0.3) is 11.1 Å². The molecule has 0 saturated carbocycles. The van der Waals surface area contributed by atoms with Crippen LogP contribution in [-0.4, -0.2) is 41.8 Å². The fourth-order valence-electron chi connectivity index (χ4n) is 3.99. The number of carboxylic acids is 1. The van der Waals surface area contributed by atoms with Gasteiger partial charge >= 0.3 is 12.1 Å². The van der Waals surface area contributed by atoms with E-state index in [1.54, 1.807) is 6.92 Å². The zero-order chi connectivity index (χ0) is 23.8. The highest BCUT2D eigenvalue weighted by Gasteiger charge is 2.29. The monoisotopic (exact) mass is 448 g/mol. The first-order chi connectivity index (χ1) is 15.9. The Balaban J connectivity index is 1.56. The lowest BCUT2D eigenvalue weighted by Crippen LogP contribution is -2.44. The molecule has 1 aliphatic rings. The number of nitrogens with one attached hydrogen (secondary N) is 2. The van der Waals surface area contributed by atoms with E-state index >= 15 is 0 Å². The van der Waals surface area contributed by atoms with Crippen molar-refractivity contribution in [2.45, 2.75) is 51.1 Å². The van der Waals surface area contributed by atoms with Gasteiger partial charge in [-0.1, -0.05) is 55.5 Å². The highest BCUT2D eigenvalue weighted by molar-refractivity contribution is 5.84. The molecule has 0 radical (unpaired) electrons. The minimum Gasteiger partial charge on any atom is -0.480 e. The van der Waals surface area contributed by atoms with Crippen molar-refractivity contribution in [2.75, 3.05) is 6.61 Å². The molecular formula is C26H28N2O5. The average Bonchev–Trinajstić information content (AvgIpc) is 3.13. The summed E-state index contributed by atoms with van der Waals surface area (Å²) in [7, 11) is 0. The maximum atomic E-state index is 12.5. The highest BCUT2D eigenvalue weighted by Crippen LogP contribution is 2.44. The minimum absolute atomic E-state index is 0.0220. The molecule has 2 amide bonds. The van der Waals surface area contributed by atoms with Crippen LogP contribution in [0.5, 0.6) is 0 Å². The van der Waals surface area contributed by atoms with Crippen LogP contribution < -0.4 is 10.6 Å². The highest BCUT2D eigenvalue weighted by atomic mass is 16.5. The second-order valence-electron chi connectivity index (χ2n) is 7.87. The van der Waals surface area contributed by atoms with E-state index in [0.29, 0.717) is 6.42 Å². The molecule has 0 heterocycles. The molecule has 0 aromatic heterocycles. The van der Waals surface area contributed by atoms with Gasteiger partial charge in [-0.15, -0.1) is 11.8 Å². The van der Waals surface area contributed by atoms with E-state index in [-0.39, 0.29) is 25.4 Å². The van der Waals surface area contributed by atoms with E-state index in [4.69, 9.17) is 4.74 Å². The third-order valence-electron chi connectivity index (χ3n) is 5.71. The number of alkyl carbamates (subject to hydrolysis) is 1. The summed E-state index contributed by atoms with van der Waals surface area (Å²) in [5.74, 6) is 3.60. The molecule has 172 valence electrons. The first-order valence-electron chi connectivity index (χ1n) is 11.0. The summed E-state index contributed by atoms with van der Waals surface area (Å²) in [6.45, 7) is 3.62. The Morgan fingerprint density at radius 3 is 2.18 bits per heavy atom. The molecular weight excluding hydrogens is 420 g/mol. The molecule has 7 nitrogen and oxygen atoms in total. The number of carbonyl (C=O) groups excluding carboxylic acids is 2. The third-order valence-corrected chi connectivity index (χ3v) is 5.71. The summed E-state index contributed by atoms with van der Waals surface area (Å²) < 4.78 is 5.53. The van der Waals surface area contributed by atoms with Crippen molar-refractivity contribution in [3.63, 3.8) is 0 Å². The number of ether oxygens (including phenoxy) is 1. The fourth-order valence-corrected chi connectivity index (χ4v) is 3.99. The number of hydrogen-bond acceptors (Lipinski definition) is 4. The molecule has 0 bridgehead atoms. The summed E-state index contributed by atoms with van der Waals surface area (Å²) in [5, 5.41) is 14.4. The molecule has 7 heteroatoms. The lowest BCUT2D eigenvalue weighted by atomic mass is 9.98. The van der Waals surface area contributed by atoms with Crippen LogP contribution in [0.4, 0.5) is 4.79 Å². The van der Waals surface area contributed by atoms with Gasteiger partial charge in [0.2, 0.25) is 5.91 Å². The molecule has 3 N–H and O–H groups in total. The lowest BCUT2D eigenvalue weighted by molar-refractivity contribution is -0.141. The van der Waals surface area contributed by atoms with Crippen molar-refractivity contribution in [1.29, 1.82) is 0 Å². The summed E-state index contributed by atoms with van der Waals surface area (Å²) >= 11 is 0. The summed E-state index contributed by atoms with van der Waals surface area (Å²) in [6, 6.07) is 14.6. The Morgan fingerprint density at radius 2 is 1.64 bits per heavy atom. The number of benzene rings is 2. The van der Waals surface area contributed by atoms with Gasteiger partial charge in [0.05, 0.1) is 0 Å². The molecule has 3 rings (SSSR count). The maximum Gasteiger partial charge on any atom is 0.407 e. The molecule has 33 heavy (non-hydrogen) atoms. The van der Waals surface area contributed by atoms with Gasteiger partial charge in [0.15, 0.2) is 0 Å². The van der Waals surface area contributed by atoms with Gasteiger partial charge < -0.3 is 20.5 Å². The van der Waals surface area contributed by atoms with Gasteiger partial charge in [-0.05, 0) is 35.6 Å². The Bertz CT molecular complexity index is 1040. The molecule has 2 atom stereocenters. The van der Waals surface area contributed by atoms with Crippen molar-refractivity contribution in [1.82, 2.24) is 10.6 Å². The molecule has 2 aromatic rings. The number of carbonyl (C=O) groups is 3. The van der Waals surface area contributed by atoms with E-state index < -0.39 is 30.1 Å². The van der Waals surface area contributed by atoms with Crippen LogP contribution in [-0.2, 0) is 14.3 Å². The van der Waals surface area contributed by atoms with Gasteiger partial charge in [-0.25, -0.2) is 9.59 Å². The van der Waals surface area contributed by atoms with Crippen molar-refractivity contribution >= 4 is 18.0 Å². The first-order valence-corrected chi connectivity index (χ1v) is 11.0. The standard InChI is InChI=1S/C26H28N2O5/c1-3-5-14-23(25(30)31)28-24(29)15-17(4-2)27-26(32)33-16-22-20-12-8-6-10-18(20)19-11-7-9-13-21(19)22/h6-13,17,22-23H,4,14-16H2,1-2H3,(H,27,32)(H,28,29)(H,30,31). The summed E-state index contributed by atoms with van der Waals surface area (Å²) in [5.41, 5.74) is 4.53. The van der Waals surface area contributed by atoms with Gasteiger partial charge in [0.25, 0.3) is 0 Å². The van der Waals surface area contributed by atoms with Crippen molar-refractivity contribution < 1.29 is 24.2 Å². The predicted octanol–water partition coefficient (Wildman–Crippen LogP) is 3.68. The van der Waals surface area contributed by atoms with Gasteiger partial charge in [0.1, 0.15) is 12.6 Å². The van der Waals surface area contributed by atoms with Crippen molar-refractivity contribution in [2.24, 2.45) is 0 Å². The Hall–Kier alpha value is -3.79. The Morgan fingerprint density at radius 1 is 1.03 bits per heavy atom. The molecule has 0 spiro atoms. The quantitative estimate of drug-likeness (QED) is 0.508. The predicted molar refractivity (Wildman–Crippen MR) is 125 cm³/mol. The van der Waals surface area contributed by atoms with Crippen LogP contribution in [0, 0.1) is 11.8 Å². The zero-order valence-corrected chi connectivity index (χ0v) is 18.8. The Labute approximate surface area is 193 Å². The summed E-state index contributed by atoms with van der Waals surface area (Å²) in [6.07, 6.45) is -0.148. The average molecular weight is 449 g/mol. The van der Waals surface area contributed by atoms with Crippen molar-refractivity contribution in [3.8, 4) is 23.0 Å². The SMILES string of the molecule is CC#CCC(NC(=O)CC(CC)NC(=O)OCC1c2ccccc2-c2ccccc21)C(=O)O. The van der Waals surface area contributed by atoms with Crippen LogP contribution in [0.15, 0.2) is 48.5 Å². The van der Waals surface area contributed by atoms with Crippen molar-refractivity contribution in [3.05, 3.63) is 59.7 Å². The molecule has 1 aliphatic carbocycles. The topological polar surface area (TPSA) is 105 Å². The number of hydrogen-bond donors (Lipinski definition) is 3. The number of rotatable bonds is 9. The number of fused-ring (bicyclic) bond motifs is 3. The van der Waals surface area contributed by atoms with E-state index in [1.807, 2.05) is 43.3 Å². The normalized spacial score (nSPS) is 13.5. The van der Waals surface area contributed by atoms with E-state index in [0.717, 1.165) is 22.3 Å². The largest absolute Gasteiger partial charge is 0.480 e. The second-order valence-corrected chi connectivity index (χ2v) is 7.87. The van der Waals surface area contributed by atoms with Gasteiger partial charge in [-0.2, -0.15) is 0 Å². The number of aliphatic carboxylic acids is 1. The molecule has 2 unspecified atom stereocenters. The smallest absolute Gasteiger partial charge is 0.407 e. The maximum absolute atomic E-state index is 12.5. The second kappa shape index (κ2) is 11.2. The van der Waals surface area contributed by atoms with Crippen LogP contribution in [0.2, 0.25) is 0 Å². The minimum atomic E-state index is -1.15. The summed E-state index contributed by atoms with van der Waals surface area (Å²) in [4.78, 5) is 36.1. The van der Waals surface area contributed by atoms with Gasteiger partial charge in [0, 0.05) is 24.8 Å². The molecule has 0 saturated heterocycles. The first kappa shape index (κ1) is 23.9. The molecule has 0 fully saturated rings.